The third kappa shape index (κ3) is 2.70. The van der Waals surface area contributed by atoms with Crippen molar-refractivity contribution in [2.75, 3.05) is 0 Å². The fourth-order valence-corrected chi connectivity index (χ4v) is 4.06. The van der Waals surface area contributed by atoms with Crippen LogP contribution in [0.1, 0.15) is 75.6 Å². The molecule has 1 heterocycles. The number of fused-ring (bicyclic) bond motifs is 1. The summed E-state index contributed by atoms with van der Waals surface area (Å²) in [5, 5.41) is 4.75. The molecule has 2 nitrogen and oxygen atoms in total. The van der Waals surface area contributed by atoms with Crippen LogP contribution in [0.2, 0.25) is 0 Å². The maximum absolute atomic E-state index is 4.75. The summed E-state index contributed by atoms with van der Waals surface area (Å²) < 4.78 is 2.38. The van der Waals surface area contributed by atoms with Crippen LogP contribution in [0.4, 0.5) is 0 Å². The first kappa shape index (κ1) is 13.9. The Kier molecular flexibility index (Phi) is 4.28. The van der Waals surface area contributed by atoms with E-state index >= 15 is 0 Å². The van der Waals surface area contributed by atoms with Crippen LogP contribution in [-0.2, 0) is 12.8 Å². The molecular formula is C18H28N2. The summed E-state index contributed by atoms with van der Waals surface area (Å²) in [4.78, 5) is 0. The number of hydrogen-bond donors (Lipinski definition) is 0. The van der Waals surface area contributed by atoms with E-state index < -0.39 is 0 Å². The Bertz CT molecular complexity index is 466. The average molecular weight is 272 g/mol. The highest BCUT2D eigenvalue weighted by molar-refractivity contribution is 5.25. The van der Waals surface area contributed by atoms with Crippen molar-refractivity contribution in [3.05, 3.63) is 29.6 Å². The molecule has 0 radical (unpaired) electrons. The van der Waals surface area contributed by atoms with Gasteiger partial charge >= 0.3 is 0 Å². The molecule has 0 N–H and O–H groups in total. The Hall–Kier alpha value is -1.05. The van der Waals surface area contributed by atoms with Crippen molar-refractivity contribution >= 4 is 0 Å². The van der Waals surface area contributed by atoms with Crippen molar-refractivity contribution in [3.63, 3.8) is 0 Å². The van der Waals surface area contributed by atoms with Gasteiger partial charge in [0.15, 0.2) is 0 Å². The number of hydrogen-bond acceptors (Lipinski definition) is 1. The maximum atomic E-state index is 4.75. The first-order valence-electron chi connectivity index (χ1n) is 8.52. The second kappa shape index (κ2) is 6.15. The van der Waals surface area contributed by atoms with Crippen LogP contribution in [0, 0.1) is 5.92 Å². The van der Waals surface area contributed by atoms with Gasteiger partial charge in [0.1, 0.15) is 0 Å². The summed E-state index contributed by atoms with van der Waals surface area (Å²) in [7, 11) is 0. The van der Waals surface area contributed by atoms with Gasteiger partial charge in [-0.15, -0.1) is 0 Å². The second-order valence-electron chi connectivity index (χ2n) is 6.70. The lowest BCUT2D eigenvalue weighted by molar-refractivity contribution is 0.317. The molecule has 1 saturated carbocycles. The highest BCUT2D eigenvalue weighted by atomic mass is 15.3. The highest BCUT2D eigenvalue weighted by Crippen LogP contribution is 2.35. The van der Waals surface area contributed by atoms with E-state index in [-0.39, 0.29) is 0 Å². The molecular weight excluding hydrogens is 244 g/mol. The van der Waals surface area contributed by atoms with E-state index in [4.69, 9.17) is 5.10 Å². The SMILES string of the molecule is C=C(CCC)C1CCc2c(cnn2C2CCCCC2)C1. The lowest BCUT2D eigenvalue weighted by Crippen LogP contribution is -2.21. The summed E-state index contributed by atoms with van der Waals surface area (Å²) in [6.07, 6.45) is 15.1. The molecule has 3 rings (SSSR count). The van der Waals surface area contributed by atoms with Gasteiger partial charge < -0.3 is 0 Å². The molecule has 0 aliphatic heterocycles. The molecule has 110 valence electrons. The first-order chi connectivity index (χ1) is 9.79. The van der Waals surface area contributed by atoms with Gasteiger partial charge in [-0.2, -0.15) is 5.10 Å². The molecule has 20 heavy (non-hydrogen) atoms. The van der Waals surface area contributed by atoms with Crippen molar-refractivity contribution in [1.82, 2.24) is 9.78 Å². The quantitative estimate of drug-likeness (QED) is 0.716. The van der Waals surface area contributed by atoms with Crippen molar-refractivity contribution in [2.45, 2.75) is 77.2 Å². The molecule has 0 spiro atoms. The summed E-state index contributed by atoms with van der Waals surface area (Å²) in [5.74, 6) is 0.700. The molecule has 2 aliphatic carbocycles. The maximum Gasteiger partial charge on any atom is 0.0525 e. The van der Waals surface area contributed by atoms with E-state index in [0.717, 1.165) is 0 Å². The molecule has 1 fully saturated rings. The molecule has 0 bridgehead atoms. The van der Waals surface area contributed by atoms with Crippen LogP contribution >= 0.6 is 0 Å². The molecule has 1 atom stereocenters. The van der Waals surface area contributed by atoms with E-state index in [9.17, 15) is 0 Å². The monoisotopic (exact) mass is 272 g/mol. The minimum absolute atomic E-state index is 0.683. The molecule has 0 aromatic carbocycles. The summed E-state index contributed by atoms with van der Waals surface area (Å²) in [5.41, 5.74) is 4.50. The predicted molar refractivity (Wildman–Crippen MR) is 83.9 cm³/mol. The van der Waals surface area contributed by atoms with E-state index in [2.05, 4.69) is 24.4 Å². The van der Waals surface area contributed by atoms with Crippen LogP contribution in [-0.4, -0.2) is 9.78 Å². The van der Waals surface area contributed by atoms with Gasteiger partial charge in [0, 0.05) is 5.69 Å². The summed E-state index contributed by atoms with van der Waals surface area (Å²) in [6, 6.07) is 0.683. The van der Waals surface area contributed by atoms with E-state index in [1.807, 2.05) is 0 Å². The van der Waals surface area contributed by atoms with Crippen molar-refractivity contribution in [2.24, 2.45) is 5.92 Å². The molecule has 2 aliphatic rings. The largest absolute Gasteiger partial charge is 0.266 e. The van der Waals surface area contributed by atoms with Crippen LogP contribution in [0.3, 0.4) is 0 Å². The molecule has 0 amide bonds. The van der Waals surface area contributed by atoms with Crippen LogP contribution in [0.25, 0.3) is 0 Å². The number of aromatic nitrogens is 2. The van der Waals surface area contributed by atoms with Gasteiger partial charge in [-0.3, -0.25) is 4.68 Å². The first-order valence-corrected chi connectivity index (χ1v) is 8.52. The topological polar surface area (TPSA) is 17.8 Å². The van der Waals surface area contributed by atoms with Gasteiger partial charge in [-0.05, 0) is 50.0 Å². The minimum Gasteiger partial charge on any atom is -0.266 e. The standard InChI is InChI=1S/C18H28N2/c1-3-7-14(2)15-10-11-18-16(12-15)13-19-20(18)17-8-5-4-6-9-17/h13,15,17H,2-12H2,1H3. The fourth-order valence-electron chi connectivity index (χ4n) is 4.06. The Morgan fingerprint density at radius 1 is 1.30 bits per heavy atom. The minimum atomic E-state index is 0.683. The van der Waals surface area contributed by atoms with Gasteiger partial charge in [-0.1, -0.05) is 44.8 Å². The molecule has 0 saturated heterocycles. The van der Waals surface area contributed by atoms with Crippen LogP contribution in [0.15, 0.2) is 18.3 Å². The van der Waals surface area contributed by atoms with Gasteiger partial charge in [0.25, 0.3) is 0 Å². The third-order valence-electron chi connectivity index (χ3n) is 5.25. The number of allylic oxidation sites excluding steroid dienone is 1. The summed E-state index contributed by atoms with van der Waals surface area (Å²) in [6.45, 7) is 6.56. The van der Waals surface area contributed by atoms with Crippen molar-refractivity contribution in [1.29, 1.82) is 0 Å². The smallest absolute Gasteiger partial charge is 0.0525 e. The van der Waals surface area contributed by atoms with Crippen molar-refractivity contribution in [3.8, 4) is 0 Å². The Morgan fingerprint density at radius 3 is 2.85 bits per heavy atom. The van der Waals surface area contributed by atoms with E-state index in [1.54, 1.807) is 0 Å². The molecule has 2 heteroatoms. The second-order valence-corrected chi connectivity index (χ2v) is 6.70. The zero-order valence-corrected chi connectivity index (χ0v) is 12.9. The lowest BCUT2D eigenvalue weighted by Gasteiger charge is -2.28. The zero-order valence-electron chi connectivity index (χ0n) is 12.9. The molecule has 1 aromatic rings. The number of rotatable bonds is 4. The van der Waals surface area contributed by atoms with Gasteiger partial charge in [-0.25, -0.2) is 0 Å². The predicted octanol–water partition coefficient (Wildman–Crippen LogP) is 4.85. The zero-order chi connectivity index (χ0) is 13.9. The molecule has 1 unspecified atom stereocenters. The Morgan fingerprint density at radius 2 is 2.10 bits per heavy atom. The van der Waals surface area contributed by atoms with Crippen LogP contribution < -0.4 is 0 Å². The fraction of sp³-hybridized carbons (Fsp3) is 0.722. The average Bonchev–Trinajstić information content (AvgIpc) is 2.91. The van der Waals surface area contributed by atoms with Gasteiger partial charge in [0.05, 0.1) is 12.2 Å². The summed E-state index contributed by atoms with van der Waals surface area (Å²) >= 11 is 0. The van der Waals surface area contributed by atoms with Crippen molar-refractivity contribution < 1.29 is 0 Å². The molecule has 1 aromatic heterocycles. The van der Waals surface area contributed by atoms with Gasteiger partial charge in [0.2, 0.25) is 0 Å². The Balaban J connectivity index is 1.72. The normalized spacial score (nSPS) is 23.6. The van der Waals surface area contributed by atoms with E-state index in [1.165, 1.54) is 81.0 Å². The number of nitrogens with zero attached hydrogens (tertiary/aromatic N) is 2. The Labute approximate surface area is 123 Å². The third-order valence-corrected chi connectivity index (χ3v) is 5.25. The van der Waals surface area contributed by atoms with E-state index in [0.29, 0.717) is 12.0 Å². The van der Waals surface area contributed by atoms with Crippen LogP contribution in [0.5, 0.6) is 0 Å². The lowest BCUT2D eigenvalue weighted by atomic mass is 9.81. The highest BCUT2D eigenvalue weighted by Gasteiger charge is 2.26.